The number of rotatable bonds is 9. The maximum Gasteiger partial charge on any atom is 0.242 e. The monoisotopic (exact) mass is 493 g/mol. The van der Waals surface area contributed by atoms with Gasteiger partial charge in [0.05, 0.1) is 21.4 Å². The van der Waals surface area contributed by atoms with Crippen LogP contribution in [0.2, 0.25) is 10.0 Å². The molecule has 0 aliphatic carbocycles. The zero-order valence-corrected chi connectivity index (χ0v) is 20.3. The van der Waals surface area contributed by atoms with Gasteiger partial charge in [-0.2, -0.15) is 0 Å². The highest BCUT2D eigenvalue weighted by Gasteiger charge is 2.39. The first-order valence-corrected chi connectivity index (χ1v) is 12.0. The number of para-hydroxylation sites is 1. The standard InChI is InChI=1S/C23H25Cl2N3O3S/c1-3-31-13-7-12-28-22(30)19(32-23(28)27-17-10-5-4-8-15(17)2)14-20(29)26-18-11-6-9-16(24)21(18)25/h4-6,8-11,19H,3,7,12-14H2,1-2H3,(H,26,29). The van der Waals surface area contributed by atoms with Gasteiger partial charge in [0.1, 0.15) is 5.25 Å². The quantitative estimate of drug-likeness (QED) is 0.455. The molecule has 2 aromatic rings. The lowest BCUT2D eigenvalue weighted by Gasteiger charge is -2.16. The molecule has 1 aliphatic rings. The maximum absolute atomic E-state index is 13.1. The minimum absolute atomic E-state index is 0.00109. The predicted octanol–water partition coefficient (Wildman–Crippen LogP) is 5.69. The topological polar surface area (TPSA) is 71.0 Å². The van der Waals surface area contributed by atoms with Crippen LogP contribution in [0.4, 0.5) is 11.4 Å². The van der Waals surface area contributed by atoms with E-state index in [1.807, 2.05) is 38.1 Å². The molecule has 1 heterocycles. The Morgan fingerprint density at radius 2 is 2.00 bits per heavy atom. The van der Waals surface area contributed by atoms with Gasteiger partial charge in [-0.3, -0.25) is 14.5 Å². The summed E-state index contributed by atoms with van der Waals surface area (Å²) in [6, 6.07) is 12.7. The number of carbonyl (C=O) groups excluding carboxylic acids is 2. The lowest BCUT2D eigenvalue weighted by molar-refractivity contribution is -0.128. The molecule has 1 atom stereocenters. The smallest absolute Gasteiger partial charge is 0.242 e. The molecule has 1 fully saturated rings. The number of amides is 2. The van der Waals surface area contributed by atoms with Gasteiger partial charge in [0.15, 0.2) is 5.17 Å². The van der Waals surface area contributed by atoms with Gasteiger partial charge in [-0.25, -0.2) is 4.99 Å². The minimum atomic E-state index is -0.567. The number of nitrogens with zero attached hydrogens (tertiary/aromatic N) is 2. The highest BCUT2D eigenvalue weighted by Crippen LogP contribution is 2.34. The lowest BCUT2D eigenvalue weighted by Crippen LogP contribution is -2.34. The predicted molar refractivity (Wildman–Crippen MR) is 132 cm³/mol. The van der Waals surface area contributed by atoms with Crippen LogP contribution in [0.1, 0.15) is 25.3 Å². The number of halogens is 2. The Morgan fingerprint density at radius 3 is 2.75 bits per heavy atom. The molecule has 0 spiro atoms. The Bertz CT molecular complexity index is 1020. The molecule has 1 aliphatic heterocycles. The van der Waals surface area contributed by atoms with Gasteiger partial charge in [0, 0.05) is 26.2 Å². The van der Waals surface area contributed by atoms with Crippen molar-refractivity contribution < 1.29 is 14.3 Å². The molecule has 1 unspecified atom stereocenters. The number of aliphatic imine (C=N–C) groups is 1. The fourth-order valence-electron chi connectivity index (χ4n) is 3.16. The second-order valence-corrected chi connectivity index (χ2v) is 9.14. The molecular weight excluding hydrogens is 469 g/mol. The summed E-state index contributed by atoms with van der Waals surface area (Å²) in [4.78, 5) is 32.1. The van der Waals surface area contributed by atoms with Crippen LogP contribution in [0.15, 0.2) is 47.5 Å². The number of benzene rings is 2. The lowest BCUT2D eigenvalue weighted by atomic mass is 10.2. The molecule has 32 heavy (non-hydrogen) atoms. The third kappa shape index (κ3) is 6.25. The van der Waals surface area contributed by atoms with E-state index >= 15 is 0 Å². The molecule has 1 N–H and O–H groups in total. The minimum Gasteiger partial charge on any atom is -0.382 e. The van der Waals surface area contributed by atoms with Gasteiger partial charge >= 0.3 is 0 Å². The van der Waals surface area contributed by atoms with Crippen molar-refractivity contribution in [2.75, 3.05) is 25.1 Å². The second-order valence-electron chi connectivity index (χ2n) is 7.18. The number of nitrogens with one attached hydrogen (secondary N) is 1. The fourth-order valence-corrected chi connectivity index (χ4v) is 4.69. The first-order chi connectivity index (χ1) is 15.4. The van der Waals surface area contributed by atoms with Crippen molar-refractivity contribution in [2.45, 2.75) is 31.9 Å². The van der Waals surface area contributed by atoms with Gasteiger partial charge in [-0.05, 0) is 44.0 Å². The van der Waals surface area contributed by atoms with Crippen LogP contribution in [0.25, 0.3) is 0 Å². The summed E-state index contributed by atoms with van der Waals surface area (Å²) in [5.41, 5.74) is 2.23. The van der Waals surface area contributed by atoms with Crippen molar-refractivity contribution in [2.24, 2.45) is 4.99 Å². The summed E-state index contributed by atoms with van der Waals surface area (Å²) in [6.07, 6.45) is 0.686. The Balaban J connectivity index is 1.75. The average molecular weight is 494 g/mol. The van der Waals surface area contributed by atoms with Crippen LogP contribution >= 0.6 is 35.0 Å². The fraction of sp³-hybridized carbons (Fsp3) is 0.348. The Labute approximate surface area is 202 Å². The van der Waals surface area contributed by atoms with Crippen molar-refractivity contribution >= 4 is 63.3 Å². The molecule has 3 rings (SSSR count). The number of carbonyl (C=O) groups is 2. The second kappa shape index (κ2) is 11.7. The Kier molecular flexibility index (Phi) is 8.99. The number of amidine groups is 1. The highest BCUT2D eigenvalue weighted by atomic mass is 35.5. The molecule has 0 saturated carbocycles. The van der Waals surface area contributed by atoms with Crippen LogP contribution in [0.5, 0.6) is 0 Å². The van der Waals surface area contributed by atoms with Crippen molar-refractivity contribution in [3.05, 3.63) is 58.1 Å². The number of hydrogen-bond donors (Lipinski definition) is 1. The van der Waals surface area contributed by atoms with E-state index in [9.17, 15) is 9.59 Å². The molecule has 0 aromatic heterocycles. The van der Waals surface area contributed by atoms with Crippen LogP contribution in [0, 0.1) is 6.92 Å². The summed E-state index contributed by atoms with van der Waals surface area (Å²) in [7, 11) is 0. The number of anilines is 1. The van der Waals surface area contributed by atoms with E-state index in [0.29, 0.717) is 42.1 Å². The molecule has 2 aromatic carbocycles. The van der Waals surface area contributed by atoms with Gasteiger partial charge < -0.3 is 10.1 Å². The van der Waals surface area contributed by atoms with Crippen molar-refractivity contribution in [1.82, 2.24) is 4.90 Å². The molecule has 9 heteroatoms. The zero-order chi connectivity index (χ0) is 23.1. The zero-order valence-electron chi connectivity index (χ0n) is 17.9. The number of hydrogen-bond acceptors (Lipinski definition) is 5. The molecule has 1 saturated heterocycles. The van der Waals surface area contributed by atoms with E-state index in [0.717, 1.165) is 11.3 Å². The third-order valence-electron chi connectivity index (χ3n) is 4.82. The van der Waals surface area contributed by atoms with E-state index in [1.54, 1.807) is 23.1 Å². The van der Waals surface area contributed by atoms with Gasteiger partial charge in [0.2, 0.25) is 11.8 Å². The van der Waals surface area contributed by atoms with Crippen LogP contribution in [0.3, 0.4) is 0 Å². The summed E-state index contributed by atoms with van der Waals surface area (Å²) < 4.78 is 5.41. The molecule has 170 valence electrons. The molecule has 0 radical (unpaired) electrons. The van der Waals surface area contributed by atoms with Crippen molar-refractivity contribution in [3.63, 3.8) is 0 Å². The Morgan fingerprint density at radius 1 is 1.22 bits per heavy atom. The largest absolute Gasteiger partial charge is 0.382 e. The third-order valence-corrected chi connectivity index (χ3v) is 6.82. The van der Waals surface area contributed by atoms with E-state index in [2.05, 4.69) is 5.32 Å². The van der Waals surface area contributed by atoms with Gasteiger partial charge in [0.25, 0.3) is 0 Å². The number of aryl methyl sites for hydroxylation is 1. The van der Waals surface area contributed by atoms with Crippen molar-refractivity contribution in [1.29, 1.82) is 0 Å². The molecule has 6 nitrogen and oxygen atoms in total. The van der Waals surface area contributed by atoms with E-state index < -0.39 is 5.25 Å². The SMILES string of the molecule is CCOCCCN1C(=O)C(CC(=O)Nc2cccc(Cl)c2Cl)SC1=Nc1ccccc1C. The Hall–Kier alpha value is -2.06. The normalized spacial score (nSPS) is 17.2. The maximum atomic E-state index is 13.1. The van der Waals surface area contributed by atoms with E-state index in [1.165, 1.54) is 11.8 Å². The van der Waals surface area contributed by atoms with Crippen LogP contribution < -0.4 is 5.32 Å². The molecule has 2 amide bonds. The van der Waals surface area contributed by atoms with E-state index in [-0.39, 0.29) is 23.3 Å². The first kappa shape index (κ1) is 24.6. The number of ether oxygens (including phenoxy) is 1. The van der Waals surface area contributed by atoms with Crippen LogP contribution in [-0.4, -0.2) is 46.9 Å². The first-order valence-electron chi connectivity index (χ1n) is 10.3. The number of thioether (sulfide) groups is 1. The van der Waals surface area contributed by atoms with E-state index in [4.69, 9.17) is 32.9 Å². The molecular formula is C23H25Cl2N3O3S. The summed E-state index contributed by atoms with van der Waals surface area (Å²) >= 11 is 13.5. The summed E-state index contributed by atoms with van der Waals surface area (Å²) in [6.45, 7) is 5.57. The van der Waals surface area contributed by atoms with Crippen LogP contribution in [-0.2, 0) is 14.3 Å². The van der Waals surface area contributed by atoms with Gasteiger partial charge in [-0.1, -0.05) is 59.2 Å². The van der Waals surface area contributed by atoms with Gasteiger partial charge in [-0.15, -0.1) is 0 Å². The summed E-state index contributed by atoms with van der Waals surface area (Å²) in [5.74, 6) is -0.447. The van der Waals surface area contributed by atoms with Crippen molar-refractivity contribution in [3.8, 4) is 0 Å². The average Bonchev–Trinajstić information content (AvgIpc) is 3.04. The highest BCUT2D eigenvalue weighted by molar-refractivity contribution is 8.15. The summed E-state index contributed by atoms with van der Waals surface area (Å²) in [5, 5.41) is 3.40. The molecule has 0 bridgehead atoms.